The highest BCUT2D eigenvalue weighted by atomic mass is 16.5. The highest BCUT2D eigenvalue weighted by Gasteiger charge is 2.48. The molecule has 0 radical (unpaired) electrons. The number of rotatable bonds is 1. The molecular formula is C36H22BN3O2. The van der Waals surface area contributed by atoms with Crippen molar-refractivity contribution in [3.8, 4) is 34.1 Å². The maximum Gasteiger partial charge on any atom is 0.252 e. The molecule has 4 aliphatic rings. The zero-order chi connectivity index (χ0) is 27.5. The van der Waals surface area contributed by atoms with Gasteiger partial charge < -0.3 is 25.0 Å². The smallest absolute Gasteiger partial charge is 0.252 e. The molecule has 2 N–H and O–H groups in total. The Morgan fingerprint density at radius 1 is 0.500 bits per heavy atom. The van der Waals surface area contributed by atoms with Crippen molar-refractivity contribution >= 4 is 62.9 Å². The van der Waals surface area contributed by atoms with E-state index in [0.717, 1.165) is 73.9 Å². The van der Waals surface area contributed by atoms with Crippen LogP contribution in [0.25, 0.3) is 11.1 Å². The van der Waals surface area contributed by atoms with Gasteiger partial charge in [-0.3, -0.25) is 0 Å². The van der Waals surface area contributed by atoms with Crippen molar-refractivity contribution in [2.45, 2.75) is 0 Å². The van der Waals surface area contributed by atoms with E-state index in [4.69, 9.17) is 15.2 Å². The highest BCUT2D eigenvalue weighted by Crippen LogP contribution is 2.56. The van der Waals surface area contributed by atoms with Crippen molar-refractivity contribution < 1.29 is 9.47 Å². The number of anilines is 7. The second kappa shape index (κ2) is 7.77. The first-order valence-electron chi connectivity index (χ1n) is 14.2. The van der Waals surface area contributed by atoms with Gasteiger partial charge >= 0.3 is 0 Å². The van der Waals surface area contributed by atoms with Gasteiger partial charge in [-0.2, -0.15) is 0 Å². The lowest BCUT2D eigenvalue weighted by atomic mass is 9.33. The van der Waals surface area contributed by atoms with Crippen molar-refractivity contribution in [2.24, 2.45) is 0 Å². The van der Waals surface area contributed by atoms with Crippen LogP contribution in [0.4, 0.5) is 39.8 Å². The van der Waals surface area contributed by atoms with Gasteiger partial charge in [-0.1, -0.05) is 66.7 Å². The molecule has 42 heavy (non-hydrogen) atoms. The van der Waals surface area contributed by atoms with E-state index in [9.17, 15) is 0 Å². The Bertz CT molecular complexity index is 2030. The van der Waals surface area contributed by atoms with Gasteiger partial charge in [0.05, 0.1) is 22.7 Å². The Labute approximate surface area is 243 Å². The predicted octanol–water partition coefficient (Wildman–Crippen LogP) is 7.23. The average molecular weight is 539 g/mol. The van der Waals surface area contributed by atoms with Crippen LogP contribution in [0.5, 0.6) is 23.0 Å². The van der Waals surface area contributed by atoms with Crippen LogP contribution in [0.15, 0.2) is 121 Å². The van der Waals surface area contributed by atoms with Crippen LogP contribution in [0.3, 0.4) is 0 Å². The van der Waals surface area contributed by atoms with Crippen LogP contribution < -0.4 is 41.4 Å². The van der Waals surface area contributed by atoms with E-state index in [2.05, 4.69) is 88.7 Å². The summed E-state index contributed by atoms with van der Waals surface area (Å²) in [4.78, 5) is 4.78. The fourth-order valence-corrected chi connectivity index (χ4v) is 7.31. The summed E-state index contributed by atoms with van der Waals surface area (Å²) in [5.74, 6) is 3.40. The number of hydrogen-bond acceptors (Lipinski definition) is 5. The number of nitrogens with zero attached hydrogens (tertiary/aromatic N) is 2. The lowest BCUT2D eigenvalue weighted by molar-refractivity contribution is 0.477. The first kappa shape index (κ1) is 22.1. The van der Waals surface area contributed by atoms with Gasteiger partial charge in [0.2, 0.25) is 0 Å². The largest absolute Gasteiger partial charge is 0.453 e. The second-order valence-electron chi connectivity index (χ2n) is 11.1. The van der Waals surface area contributed by atoms with Gasteiger partial charge in [0.15, 0.2) is 23.0 Å². The normalized spacial score (nSPS) is 14.0. The SMILES string of the molecule is Nc1ccccc1-c1cc2c3c(c1)N1c4ccccc4Oc4cccc(c41)B3c1cccc3c1N2c1ccccc1O3. The fraction of sp³-hybridized carbons (Fsp3) is 0. The summed E-state index contributed by atoms with van der Waals surface area (Å²) in [7, 11) is 0. The van der Waals surface area contributed by atoms with E-state index in [1.807, 2.05) is 42.5 Å². The van der Waals surface area contributed by atoms with Crippen molar-refractivity contribution in [3.63, 3.8) is 0 Å². The van der Waals surface area contributed by atoms with Gasteiger partial charge in [0.25, 0.3) is 6.71 Å². The van der Waals surface area contributed by atoms with Crippen molar-refractivity contribution in [1.82, 2.24) is 0 Å². The molecule has 196 valence electrons. The maximum absolute atomic E-state index is 6.61. The molecule has 0 fully saturated rings. The van der Waals surface area contributed by atoms with Crippen LogP contribution in [-0.2, 0) is 0 Å². The molecule has 0 unspecified atom stereocenters. The maximum atomic E-state index is 6.61. The van der Waals surface area contributed by atoms with E-state index in [-0.39, 0.29) is 6.71 Å². The number of nitrogens with two attached hydrogens (primary N) is 1. The molecule has 4 aliphatic heterocycles. The molecule has 0 bridgehead atoms. The minimum atomic E-state index is -0.00250. The number of fused-ring (bicyclic) bond motifs is 8. The molecule has 0 amide bonds. The van der Waals surface area contributed by atoms with Gasteiger partial charge in [0.1, 0.15) is 0 Å². The monoisotopic (exact) mass is 539 g/mol. The highest BCUT2D eigenvalue weighted by molar-refractivity contribution is 7.00. The number of nitrogen functional groups attached to an aromatic ring is 1. The average Bonchev–Trinajstić information content (AvgIpc) is 3.03. The van der Waals surface area contributed by atoms with E-state index < -0.39 is 0 Å². The first-order valence-corrected chi connectivity index (χ1v) is 14.2. The van der Waals surface area contributed by atoms with Gasteiger partial charge in [-0.25, -0.2) is 0 Å². The van der Waals surface area contributed by atoms with Crippen LogP contribution >= 0.6 is 0 Å². The molecule has 6 aromatic carbocycles. The minimum absolute atomic E-state index is 0.00250. The van der Waals surface area contributed by atoms with Gasteiger partial charge in [0, 0.05) is 22.6 Å². The third kappa shape index (κ3) is 2.69. The Hall–Kier alpha value is -5.62. The fourth-order valence-electron chi connectivity index (χ4n) is 7.31. The van der Waals surface area contributed by atoms with Crippen molar-refractivity contribution in [2.75, 3.05) is 15.5 Å². The summed E-state index contributed by atoms with van der Waals surface area (Å²) in [6.07, 6.45) is 0. The van der Waals surface area contributed by atoms with E-state index >= 15 is 0 Å². The third-order valence-corrected chi connectivity index (χ3v) is 8.96. The van der Waals surface area contributed by atoms with Gasteiger partial charge in [-0.05, 0) is 76.5 Å². The lowest BCUT2D eigenvalue weighted by Gasteiger charge is -2.47. The van der Waals surface area contributed by atoms with Crippen molar-refractivity contribution in [3.05, 3.63) is 121 Å². The first-order chi connectivity index (χ1) is 20.8. The molecule has 6 aromatic rings. The molecule has 5 nitrogen and oxygen atoms in total. The Morgan fingerprint density at radius 2 is 1.00 bits per heavy atom. The molecule has 0 atom stereocenters. The molecule has 0 aliphatic carbocycles. The summed E-state index contributed by atoms with van der Waals surface area (Å²) in [6, 6.07) is 42.2. The quantitative estimate of drug-likeness (QED) is 0.176. The molecule has 4 heterocycles. The molecule has 0 saturated heterocycles. The zero-order valence-corrected chi connectivity index (χ0v) is 22.4. The van der Waals surface area contributed by atoms with Gasteiger partial charge in [-0.15, -0.1) is 0 Å². The molecule has 0 saturated carbocycles. The predicted molar refractivity (Wildman–Crippen MR) is 170 cm³/mol. The summed E-state index contributed by atoms with van der Waals surface area (Å²) in [5.41, 5.74) is 19.6. The van der Waals surface area contributed by atoms with E-state index in [1.54, 1.807) is 0 Å². The molecule has 6 heteroatoms. The summed E-state index contributed by atoms with van der Waals surface area (Å²) < 4.78 is 13.1. The summed E-state index contributed by atoms with van der Waals surface area (Å²) in [6.45, 7) is -0.00250. The Balaban J connectivity index is 1.38. The second-order valence-corrected chi connectivity index (χ2v) is 11.1. The van der Waals surface area contributed by atoms with Crippen LogP contribution in [-0.4, -0.2) is 6.71 Å². The van der Waals surface area contributed by atoms with E-state index in [1.165, 1.54) is 16.4 Å². The van der Waals surface area contributed by atoms with Crippen LogP contribution in [0.2, 0.25) is 0 Å². The standard InChI is InChI=1S/C36H22BN3O2/c38-25-12-2-1-9-22(25)21-19-28-34-29(20-21)40-27-14-4-6-16-31(27)42-33-18-8-11-24(36(33)40)37(34)23-10-7-17-32-35(23)39(28)26-13-3-5-15-30(26)41-32/h1-20H,38H2. The topological polar surface area (TPSA) is 51.0 Å². The number of benzene rings is 6. The number of ether oxygens (including phenoxy) is 2. The number of para-hydroxylation sites is 7. The Morgan fingerprint density at radius 3 is 1.57 bits per heavy atom. The zero-order valence-electron chi connectivity index (χ0n) is 22.4. The third-order valence-electron chi connectivity index (χ3n) is 8.96. The molecule has 10 rings (SSSR count). The van der Waals surface area contributed by atoms with Crippen molar-refractivity contribution in [1.29, 1.82) is 0 Å². The van der Waals surface area contributed by atoms with Crippen LogP contribution in [0, 0.1) is 0 Å². The van der Waals surface area contributed by atoms with Crippen LogP contribution in [0.1, 0.15) is 0 Å². The minimum Gasteiger partial charge on any atom is -0.453 e. The summed E-state index contributed by atoms with van der Waals surface area (Å²) in [5, 5.41) is 0. The number of hydrogen-bond donors (Lipinski definition) is 1. The Kier molecular flexibility index (Phi) is 4.09. The summed E-state index contributed by atoms with van der Waals surface area (Å²) >= 11 is 0. The molecule has 0 aromatic heterocycles. The molecule has 0 spiro atoms. The van der Waals surface area contributed by atoms with E-state index in [0.29, 0.717) is 0 Å². The lowest BCUT2D eigenvalue weighted by Crippen LogP contribution is -2.61. The molecular weight excluding hydrogens is 517 g/mol.